The molecule has 0 aliphatic heterocycles. The predicted molar refractivity (Wildman–Crippen MR) is 105 cm³/mol. The summed E-state index contributed by atoms with van der Waals surface area (Å²) in [6.45, 7) is 0. The number of pyridine rings is 1. The molecule has 2 heterocycles. The minimum Gasteiger partial charge on any atom is -0.325 e. The number of nitrogens with one attached hydrogen (secondary N) is 1. The quantitative estimate of drug-likeness (QED) is 0.585. The maximum atomic E-state index is 13.2. The van der Waals surface area contributed by atoms with Gasteiger partial charge in [0, 0.05) is 16.9 Å². The zero-order valence-corrected chi connectivity index (χ0v) is 14.7. The summed E-state index contributed by atoms with van der Waals surface area (Å²) in [5, 5.41) is 13.2. The number of nitrogens with zero attached hydrogens (tertiary/aromatic N) is 4. The molecule has 0 atom stereocenters. The van der Waals surface area contributed by atoms with Gasteiger partial charge in [0.2, 0.25) is 5.95 Å². The highest BCUT2D eigenvalue weighted by atomic mass is 35.5. The van der Waals surface area contributed by atoms with Crippen LogP contribution in [0.25, 0.3) is 16.6 Å². The monoisotopic (exact) mass is 373 g/mol. The van der Waals surface area contributed by atoms with Crippen LogP contribution in [0.4, 0.5) is 11.6 Å². The summed E-state index contributed by atoms with van der Waals surface area (Å²) in [5.74, 6) is 0.318. The van der Waals surface area contributed by atoms with Crippen LogP contribution < -0.4 is 10.9 Å². The largest absolute Gasteiger partial charge is 0.325 e. The van der Waals surface area contributed by atoms with Crippen molar-refractivity contribution in [3.8, 4) is 11.8 Å². The first-order valence-corrected chi connectivity index (χ1v) is 8.43. The van der Waals surface area contributed by atoms with Gasteiger partial charge in [-0.25, -0.2) is 9.55 Å². The summed E-state index contributed by atoms with van der Waals surface area (Å²) in [6, 6.07) is 18.0. The molecule has 0 saturated carbocycles. The average molecular weight is 374 g/mol. The number of halogens is 1. The van der Waals surface area contributed by atoms with Gasteiger partial charge in [0.15, 0.2) is 0 Å². The molecule has 130 valence electrons. The van der Waals surface area contributed by atoms with E-state index in [1.807, 2.05) is 36.4 Å². The Bertz CT molecular complexity index is 1240. The molecule has 1 N–H and O–H groups in total. The third-order valence-electron chi connectivity index (χ3n) is 3.97. The fraction of sp³-hybridized carbons (Fsp3) is 0. The lowest BCUT2D eigenvalue weighted by molar-refractivity contribution is 0.963. The molecule has 0 aliphatic carbocycles. The van der Waals surface area contributed by atoms with Crippen LogP contribution in [0, 0.1) is 11.3 Å². The molecule has 0 amide bonds. The fourth-order valence-corrected chi connectivity index (χ4v) is 2.92. The molecule has 0 radical (unpaired) electrons. The number of anilines is 2. The van der Waals surface area contributed by atoms with Crippen molar-refractivity contribution >= 4 is 34.1 Å². The second-order valence-corrected chi connectivity index (χ2v) is 6.21. The zero-order chi connectivity index (χ0) is 18.8. The van der Waals surface area contributed by atoms with E-state index in [2.05, 4.69) is 15.3 Å². The van der Waals surface area contributed by atoms with E-state index in [0.717, 1.165) is 5.69 Å². The molecule has 2 aromatic carbocycles. The van der Waals surface area contributed by atoms with Gasteiger partial charge in [-0.2, -0.15) is 5.26 Å². The van der Waals surface area contributed by atoms with Gasteiger partial charge in [-0.15, -0.1) is 0 Å². The summed E-state index contributed by atoms with van der Waals surface area (Å²) in [5.41, 5.74) is 1.76. The van der Waals surface area contributed by atoms with E-state index in [0.29, 0.717) is 33.1 Å². The second-order valence-electron chi connectivity index (χ2n) is 5.77. The highest BCUT2D eigenvalue weighted by Gasteiger charge is 2.14. The van der Waals surface area contributed by atoms with Crippen LogP contribution in [0.2, 0.25) is 5.02 Å². The van der Waals surface area contributed by atoms with Gasteiger partial charge in [0.25, 0.3) is 5.56 Å². The van der Waals surface area contributed by atoms with Crippen LogP contribution in [0.1, 0.15) is 5.56 Å². The Morgan fingerprint density at radius 1 is 1.07 bits per heavy atom. The van der Waals surface area contributed by atoms with Gasteiger partial charge in [0.05, 0.1) is 28.4 Å². The lowest BCUT2D eigenvalue weighted by Crippen LogP contribution is -2.23. The van der Waals surface area contributed by atoms with Crippen molar-refractivity contribution in [2.45, 2.75) is 0 Å². The molecule has 0 spiro atoms. The number of benzene rings is 2. The first kappa shape index (κ1) is 16.8. The molecule has 7 heteroatoms. The van der Waals surface area contributed by atoms with Gasteiger partial charge in [-0.1, -0.05) is 29.8 Å². The molecular weight excluding hydrogens is 362 g/mol. The summed E-state index contributed by atoms with van der Waals surface area (Å²) in [7, 11) is 0. The molecule has 0 unspecified atom stereocenters. The zero-order valence-electron chi connectivity index (χ0n) is 13.9. The van der Waals surface area contributed by atoms with E-state index < -0.39 is 0 Å². The normalized spacial score (nSPS) is 10.5. The summed E-state index contributed by atoms with van der Waals surface area (Å²) < 4.78 is 1.39. The standard InChI is InChI=1S/C20H12ClN5O/c21-14-6-7-18-17(9-14)19(27)26(16-8-13(10-22)11-23-12-16)20(25-18)24-15-4-2-1-3-5-15/h1-9,11-12H,(H,24,25). The summed E-state index contributed by atoms with van der Waals surface area (Å²) in [4.78, 5) is 21.8. The summed E-state index contributed by atoms with van der Waals surface area (Å²) in [6.07, 6.45) is 2.95. The predicted octanol–water partition coefficient (Wildman–Crippen LogP) is 4.05. The third kappa shape index (κ3) is 3.24. The smallest absolute Gasteiger partial charge is 0.267 e. The number of nitriles is 1. The molecule has 0 fully saturated rings. The van der Waals surface area contributed by atoms with Crippen LogP contribution in [0.3, 0.4) is 0 Å². The van der Waals surface area contributed by atoms with Crippen molar-refractivity contribution in [2.24, 2.45) is 0 Å². The molecule has 0 bridgehead atoms. The van der Waals surface area contributed by atoms with E-state index in [4.69, 9.17) is 16.9 Å². The molecule has 0 saturated heterocycles. The van der Waals surface area contributed by atoms with E-state index in [9.17, 15) is 4.79 Å². The van der Waals surface area contributed by atoms with Crippen molar-refractivity contribution in [3.05, 3.63) is 87.9 Å². The van der Waals surface area contributed by atoms with Crippen LogP contribution in [-0.2, 0) is 0 Å². The number of rotatable bonds is 3. The molecule has 2 aromatic heterocycles. The Hall–Kier alpha value is -3.69. The topological polar surface area (TPSA) is 83.6 Å². The van der Waals surface area contributed by atoms with E-state index in [1.54, 1.807) is 24.3 Å². The van der Waals surface area contributed by atoms with Crippen LogP contribution in [0.5, 0.6) is 0 Å². The SMILES string of the molecule is N#Cc1cncc(-n2c(Nc3ccccc3)nc3ccc(Cl)cc3c2=O)c1. The summed E-state index contributed by atoms with van der Waals surface area (Å²) >= 11 is 6.06. The third-order valence-corrected chi connectivity index (χ3v) is 4.21. The highest BCUT2D eigenvalue weighted by molar-refractivity contribution is 6.31. The lowest BCUT2D eigenvalue weighted by Gasteiger charge is -2.15. The van der Waals surface area contributed by atoms with E-state index in [-0.39, 0.29) is 5.56 Å². The Morgan fingerprint density at radius 3 is 2.67 bits per heavy atom. The first-order valence-electron chi connectivity index (χ1n) is 8.05. The molecule has 4 aromatic rings. The van der Waals surface area contributed by atoms with Gasteiger partial charge in [0.1, 0.15) is 6.07 Å². The van der Waals surface area contributed by atoms with Crippen molar-refractivity contribution in [1.29, 1.82) is 5.26 Å². The molecule has 6 nitrogen and oxygen atoms in total. The van der Waals surface area contributed by atoms with E-state index in [1.165, 1.54) is 17.0 Å². The second kappa shape index (κ2) is 6.90. The number of aromatic nitrogens is 3. The van der Waals surface area contributed by atoms with Gasteiger partial charge in [-0.3, -0.25) is 9.78 Å². The van der Waals surface area contributed by atoms with Crippen LogP contribution >= 0.6 is 11.6 Å². The molecule has 4 rings (SSSR count). The van der Waals surface area contributed by atoms with Crippen LogP contribution in [-0.4, -0.2) is 14.5 Å². The number of hydrogen-bond acceptors (Lipinski definition) is 5. The molecule has 27 heavy (non-hydrogen) atoms. The van der Waals surface area contributed by atoms with Gasteiger partial charge >= 0.3 is 0 Å². The Morgan fingerprint density at radius 2 is 1.89 bits per heavy atom. The molecular formula is C20H12ClN5O. The highest BCUT2D eigenvalue weighted by Crippen LogP contribution is 2.22. The minimum atomic E-state index is -0.308. The van der Waals surface area contributed by atoms with Crippen molar-refractivity contribution in [1.82, 2.24) is 14.5 Å². The number of para-hydroxylation sites is 1. The minimum absolute atomic E-state index is 0.308. The van der Waals surface area contributed by atoms with Crippen molar-refractivity contribution < 1.29 is 0 Å². The Labute approximate surface area is 159 Å². The maximum absolute atomic E-state index is 13.2. The first-order chi connectivity index (χ1) is 13.2. The van der Waals surface area contributed by atoms with Gasteiger partial charge < -0.3 is 5.32 Å². The van der Waals surface area contributed by atoms with Crippen molar-refractivity contribution in [3.63, 3.8) is 0 Å². The van der Waals surface area contributed by atoms with Crippen LogP contribution in [0.15, 0.2) is 71.8 Å². The van der Waals surface area contributed by atoms with Gasteiger partial charge in [-0.05, 0) is 36.4 Å². The molecule has 0 aliphatic rings. The Balaban J connectivity index is 2.01. The fourth-order valence-electron chi connectivity index (χ4n) is 2.74. The number of hydrogen-bond donors (Lipinski definition) is 1. The lowest BCUT2D eigenvalue weighted by atomic mass is 10.2. The Kier molecular flexibility index (Phi) is 4.29. The van der Waals surface area contributed by atoms with Crippen molar-refractivity contribution in [2.75, 3.05) is 5.32 Å². The number of fused-ring (bicyclic) bond motifs is 1. The average Bonchev–Trinajstić information content (AvgIpc) is 2.70. The van der Waals surface area contributed by atoms with E-state index >= 15 is 0 Å². The maximum Gasteiger partial charge on any atom is 0.267 e.